The Morgan fingerprint density at radius 1 is 1.80 bits per heavy atom. The quantitative estimate of drug-likeness (QED) is 0.521. The minimum atomic E-state index is -0.527. The lowest BCUT2D eigenvalue weighted by atomic mass is 10.3. The van der Waals surface area contributed by atoms with E-state index >= 15 is 0 Å². The molecule has 0 aromatic rings. The summed E-state index contributed by atoms with van der Waals surface area (Å²) in [5.41, 5.74) is 5.25. The highest BCUT2D eigenvalue weighted by molar-refractivity contribution is 5.75. The van der Waals surface area contributed by atoms with Crippen LogP contribution in [-0.2, 0) is 14.3 Å². The fourth-order valence-electron chi connectivity index (χ4n) is 0.554. The Morgan fingerprint density at radius 2 is 2.40 bits per heavy atom. The van der Waals surface area contributed by atoms with Crippen molar-refractivity contribution >= 4 is 5.97 Å². The number of hydrogen-bond acceptors (Lipinski definition) is 4. The van der Waals surface area contributed by atoms with Crippen molar-refractivity contribution in [3.63, 3.8) is 0 Å². The van der Waals surface area contributed by atoms with E-state index in [-0.39, 0.29) is 12.1 Å². The first-order valence-corrected chi connectivity index (χ1v) is 3.24. The number of carbonyl (C=O) groups is 1. The first-order chi connectivity index (χ1) is 4.70. The van der Waals surface area contributed by atoms with Crippen LogP contribution in [0.4, 0.5) is 0 Å². The molecule has 4 heteroatoms. The van der Waals surface area contributed by atoms with Crippen molar-refractivity contribution in [3.05, 3.63) is 0 Å². The lowest BCUT2D eigenvalue weighted by molar-refractivity contribution is -0.173. The summed E-state index contributed by atoms with van der Waals surface area (Å²) in [5.74, 6) is -0.353. The smallest absolute Gasteiger partial charge is 0.323 e. The predicted molar refractivity (Wildman–Crippen MR) is 34.3 cm³/mol. The van der Waals surface area contributed by atoms with Gasteiger partial charge in [0.25, 0.3) is 0 Å². The van der Waals surface area contributed by atoms with Crippen LogP contribution in [0.1, 0.15) is 6.92 Å². The van der Waals surface area contributed by atoms with Crippen molar-refractivity contribution in [2.75, 3.05) is 13.2 Å². The highest BCUT2D eigenvalue weighted by Gasteiger charge is 2.23. The molecule has 0 aliphatic carbocycles. The van der Waals surface area contributed by atoms with Gasteiger partial charge in [0, 0.05) is 0 Å². The molecule has 0 spiro atoms. The molecule has 0 bridgehead atoms. The van der Waals surface area contributed by atoms with Gasteiger partial charge < -0.3 is 15.2 Å². The molecule has 0 aromatic carbocycles. The van der Waals surface area contributed by atoms with E-state index in [9.17, 15) is 4.79 Å². The number of hydrogen-bond donors (Lipinski definition) is 1. The molecule has 0 saturated carbocycles. The monoisotopic (exact) mass is 145 g/mol. The van der Waals surface area contributed by atoms with Gasteiger partial charge in [0.1, 0.15) is 12.1 Å². The molecule has 1 heterocycles. The number of ether oxygens (including phenoxy) is 2. The van der Waals surface area contributed by atoms with Gasteiger partial charge >= 0.3 is 5.97 Å². The normalized spacial score (nSPS) is 21.4. The third kappa shape index (κ3) is 1.68. The number of esters is 1. The minimum absolute atomic E-state index is 0.0569. The Morgan fingerprint density at radius 3 is 2.70 bits per heavy atom. The van der Waals surface area contributed by atoms with Crippen LogP contribution >= 0.6 is 0 Å². The Kier molecular flexibility index (Phi) is 2.24. The van der Waals surface area contributed by atoms with E-state index in [4.69, 9.17) is 15.2 Å². The number of carbonyl (C=O) groups excluding carboxylic acids is 1. The fraction of sp³-hybridized carbons (Fsp3) is 0.833. The van der Waals surface area contributed by atoms with E-state index in [1.54, 1.807) is 6.92 Å². The molecule has 0 amide bonds. The van der Waals surface area contributed by atoms with E-state index < -0.39 is 6.04 Å². The summed E-state index contributed by atoms with van der Waals surface area (Å²) in [6.45, 7) is 2.62. The van der Waals surface area contributed by atoms with Gasteiger partial charge in [-0.25, -0.2) is 0 Å². The van der Waals surface area contributed by atoms with Crippen molar-refractivity contribution in [2.24, 2.45) is 5.73 Å². The van der Waals surface area contributed by atoms with Gasteiger partial charge in [-0.1, -0.05) is 0 Å². The van der Waals surface area contributed by atoms with Crippen LogP contribution in [0.25, 0.3) is 0 Å². The highest BCUT2D eigenvalue weighted by Crippen LogP contribution is 2.05. The number of rotatable bonds is 2. The second-order valence-electron chi connectivity index (χ2n) is 2.39. The standard InChI is InChI=1S/C6H11NO3/c1-4(7)6(8)10-5-2-9-3-5/h4-5H,2-3,7H2,1H3/t4-/m1/s1. The van der Waals surface area contributed by atoms with Gasteiger partial charge in [-0.05, 0) is 6.92 Å². The van der Waals surface area contributed by atoms with Crippen molar-refractivity contribution < 1.29 is 14.3 Å². The van der Waals surface area contributed by atoms with Crippen molar-refractivity contribution in [1.29, 1.82) is 0 Å². The molecule has 2 N–H and O–H groups in total. The van der Waals surface area contributed by atoms with Gasteiger partial charge in [-0.3, -0.25) is 4.79 Å². The van der Waals surface area contributed by atoms with Crippen molar-refractivity contribution in [2.45, 2.75) is 19.1 Å². The third-order valence-corrected chi connectivity index (χ3v) is 1.26. The highest BCUT2D eigenvalue weighted by atomic mass is 16.6. The summed E-state index contributed by atoms with van der Waals surface area (Å²) in [6, 6.07) is -0.527. The molecule has 1 aliphatic rings. The van der Waals surface area contributed by atoms with E-state index in [0.29, 0.717) is 13.2 Å². The SMILES string of the molecule is C[C@@H](N)C(=O)OC1COC1. The Balaban J connectivity index is 2.17. The predicted octanol–water partition coefficient (Wildman–Crippen LogP) is -0.724. The molecule has 58 valence electrons. The zero-order valence-electron chi connectivity index (χ0n) is 5.87. The third-order valence-electron chi connectivity index (χ3n) is 1.26. The maximum atomic E-state index is 10.7. The molecule has 1 atom stereocenters. The fourth-order valence-corrected chi connectivity index (χ4v) is 0.554. The second kappa shape index (κ2) is 2.98. The molecule has 1 saturated heterocycles. The summed E-state index contributed by atoms with van der Waals surface area (Å²) >= 11 is 0. The average Bonchev–Trinajstić information content (AvgIpc) is 1.77. The molecule has 10 heavy (non-hydrogen) atoms. The molecule has 1 aliphatic heterocycles. The first kappa shape index (κ1) is 7.50. The Hall–Kier alpha value is -0.610. The maximum Gasteiger partial charge on any atom is 0.323 e. The van der Waals surface area contributed by atoms with E-state index in [1.807, 2.05) is 0 Å². The average molecular weight is 145 g/mol. The van der Waals surface area contributed by atoms with Crippen LogP contribution in [0, 0.1) is 0 Å². The topological polar surface area (TPSA) is 61.6 Å². The molecular formula is C6H11NO3. The van der Waals surface area contributed by atoms with Gasteiger partial charge in [0.2, 0.25) is 0 Å². The van der Waals surface area contributed by atoms with Gasteiger partial charge in [-0.2, -0.15) is 0 Å². The van der Waals surface area contributed by atoms with E-state index in [1.165, 1.54) is 0 Å². The Bertz CT molecular complexity index is 131. The van der Waals surface area contributed by atoms with Crippen LogP contribution in [0.15, 0.2) is 0 Å². The molecule has 1 fully saturated rings. The molecule has 0 aromatic heterocycles. The van der Waals surface area contributed by atoms with Gasteiger partial charge in [0.05, 0.1) is 13.2 Å². The molecular weight excluding hydrogens is 134 g/mol. The molecule has 4 nitrogen and oxygen atoms in total. The van der Waals surface area contributed by atoms with Gasteiger partial charge in [0.15, 0.2) is 0 Å². The zero-order valence-corrected chi connectivity index (χ0v) is 5.87. The van der Waals surface area contributed by atoms with Crippen LogP contribution < -0.4 is 5.73 Å². The second-order valence-corrected chi connectivity index (χ2v) is 2.39. The van der Waals surface area contributed by atoms with Crippen LogP contribution in [0.3, 0.4) is 0 Å². The summed E-state index contributed by atoms with van der Waals surface area (Å²) in [5, 5.41) is 0. The lowest BCUT2D eigenvalue weighted by Gasteiger charge is -2.26. The molecule has 1 rings (SSSR count). The summed E-state index contributed by atoms with van der Waals surface area (Å²) in [4.78, 5) is 10.7. The van der Waals surface area contributed by atoms with E-state index in [2.05, 4.69) is 0 Å². The zero-order chi connectivity index (χ0) is 7.56. The Labute approximate surface area is 59.3 Å². The van der Waals surface area contributed by atoms with Crippen LogP contribution in [0.2, 0.25) is 0 Å². The summed E-state index contributed by atoms with van der Waals surface area (Å²) in [6.07, 6.45) is -0.0569. The minimum Gasteiger partial charge on any atom is -0.456 e. The van der Waals surface area contributed by atoms with Crippen LogP contribution in [0.5, 0.6) is 0 Å². The van der Waals surface area contributed by atoms with Gasteiger partial charge in [-0.15, -0.1) is 0 Å². The van der Waals surface area contributed by atoms with Crippen molar-refractivity contribution in [3.8, 4) is 0 Å². The van der Waals surface area contributed by atoms with Crippen molar-refractivity contribution in [1.82, 2.24) is 0 Å². The molecule has 0 unspecified atom stereocenters. The maximum absolute atomic E-state index is 10.7. The molecule has 0 radical (unpaired) electrons. The summed E-state index contributed by atoms with van der Waals surface area (Å²) in [7, 11) is 0. The first-order valence-electron chi connectivity index (χ1n) is 3.24. The largest absolute Gasteiger partial charge is 0.456 e. The number of nitrogens with two attached hydrogens (primary N) is 1. The lowest BCUT2D eigenvalue weighted by Crippen LogP contribution is -2.41. The van der Waals surface area contributed by atoms with Crippen LogP contribution in [-0.4, -0.2) is 31.3 Å². The summed E-state index contributed by atoms with van der Waals surface area (Å²) < 4.78 is 9.66. The van der Waals surface area contributed by atoms with E-state index in [0.717, 1.165) is 0 Å².